The molecular formula is C26H22BrN3O6. The van der Waals surface area contributed by atoms with Gasteiger partial charge in [0.05, 0.1) is 18.1 Å². The molecule has 1 N–H and O–H groups in total. The molecule has 1 heterocycles. The van der Waals surface area contributed by atoms with Crippen LogP contribution < -0.4 is 14.8 Å². The van der Waals surface area contributed by atoms with E-state index in [1.807, 2.05) is 37.3 Å². The average Bonchev–Trinajstić information content (AvgIpc) is 3.13. The first-order chi connectivity index (χ1) is 17.4. The SMILES string of the molecule is CCOc1cc(/C=C2/NC(=O)N(Cc3ccccc3)C2=O)c(Br)cc1OCc1cccc([N+](=O)[O-])c1. The predicted octanol–water partition coefficient (Wildman–Crippen LogP) is 5.43. The van der Waals surface area contributed by atoms with Crippen molar-refractivity contribution in [2.24, 2.45) is 0 Å². The van der Waals surface area contributed by atoms with Crippen molar-refractivity contribution in [2.45, 2.75) is 20.1 Å². The van der Waals surface area contributed by atoms with Gasteiger partial charge in [-0.3, -0.25) is 19.8 Å². The standard InChI is InChI=1S/C26H22BrN3O6/c1-2-35-23-13-19(12-22-25(31)29(26(32)28-22)15-17-7-4-3-5-8-17)21(27)14-24(23)36-16-18-9-6-10-20(11-18)30(33)34/h3-14H,2,15-16H2,1H3,(H,28,32)/b22-12+. The molecule has 0 bridgehead atoms. The molecule has 184 valence electrons. The Kier molecular flexibility index (Phi) is 7.65. The summed E-state index contributed by atoms with van der Waals surface area (Å²) in [5.74, 6) is 0.417. The number of hydrogen-bond acceptors (Lipinski definition) is 6. The molecule has 9 nitrogen and oxygen atoms in total. The fourth-order valence-electron chi connectivity index (χ4n) is 3.60. The smallest absolute Gasteiger partial charge is 0.329 e. The van der Waals surface area contributed by atoms with Crippen LogP contribution in [0.5, 0.6) is 11.5 Å². The molecule has 1 fully saturated rings. The zero-order valence-electron chi connectivity index (χ0n) is 19.3. The number of imide groups is 1. The second kappa shape index (κ2) is 11.0. The van der Waals surface area contributed by atoms with Crippen LogP contribution in [0.25, 0.3) is 6.08 Å². The topological polar surface area (TPSA) is 111 Å². The van der Waals surface area contributed by atoms with Gasteiger partial charge in [-0.05, 0) is 41.8 Å². The van der Waals surface area contributed by atoms with Gasteiger partial charge < -0.3 is 14.8 Å². The number of hydrogen-bond donors (Lipinski definition) is 1. The summed E-state index contributed by atoms with van der Waals surface area (Å²) in [5, 5.41) is 13.7. The van der Waals surface area contributed by atoms with Crippen LogP contribution in [-0.4, -0.2) is 28.4 Å². The molecule has 0 aromatic heterocycles. The van der Waals surface area contributed by atoms with Gasteiger partial charge in [0, 0.05) is 16.6 Å². The van der Waals surface area contributed by atoms with Crippen LogP contribution in [0.2, 0.25) is 0 Å². The first-order valence-electron chi connectivity index (χ1n) is 11.1. The molecule has 0 atom stereocenters. The second-order valence-electron chi connectivity index (χ2n) is 7.83. The fraction of sp³-hybridized carbons (Fsp3) is 0.154. The van der Waals surface area contributed by atoms with Gasteiger partial charge in [-0.2, -0.15) is 0 Å². The van der Waals surface area contributed by atoms with Crippen LogP contribution in [0.15, 0.2) is 76.9 Å². The Morgan fingerprint density at radius 1 is 1.00 bits per heavy atom. The summed E-state index contributed by atoms with van der Waals surface area (Å²) in [7, 11) is 0. The summed E-state index contributed by atoms with van der Waals surface area (Å²) in [5.41, 5.74) is 2.20. The largest absolute Gasteiger partial charge is 0.490 e. The number of halogens is 1. The van der Waals surface area contributed by atoms with Crippen LogP contribution in [0.1, 0.15) is 23.6 Å². The lowest BCUT2D eigenvalue weighted by Gasteiger charge is -2.14. The van der Waals surface area contributed by atoms with Crippen molar-refractivity contribution < 1.29 is 24.0 Å². The monoisotopic (exact) mass is 551 g/mol. The quantitative estimate of drug-likeness (QED) is 0.164. The van der Waals surface area contributed by atoms with E-state index in [0.29, 0.717) is 33.7 Å². The molecule has 3 aromatic carbocycles. The summed E-state index contributed by atoms with van der Waals surface area (Å²) in [6, 6.07) is 18.3. The molecule has 0 unspecified atom stereocenters. The Bertz CT molecular complexity index is 1340. The molecular weight excluding hydrogens is 530 g/mol. The van der Waals surface area contributed by atoms with Gasteiger partial charge >= 0.3 is 6.03 Å². The van der Waals surface area contributed by atoms with Crippen LogP contribution in [0, 0.1) is 10.1 Å². The minimum Gasteiger partial charge on any atom is -0.490 e. The van der Waals surface area contributed by atoms with Gasteiger partial charge in [-0.15, -0.1) is 0 Å². The molecule has 3 aromatic rings. The van der Waals surface area contributed by atoms with Crippen molar-refractivity contribution in [1.82, 2.24) is 10.2 Å². The van der Waals surface area contributed by atoms with E-state index in [0.717, 1.165) is 10.5 Å². The lowest BCUT2D eigenvalue weighted by Crippen LogP contribution is -2.30. The Hall–Kier alpha value is -4.18. The number of carbonyl (C=O) groups excluding carboxylic acids is 2. The maximum atomic E-state index is 12.9. The molecule has 1 saturated heterocycles. The maximum absolute atomic E-state index is 12.9. The number of ether oxygens (including phenoxy) is 2. The maximum Gasteiger partial charge on any atom is 0.329 e. The number of nitro groups is 1. The Morgan fingerprint density at radius 2 is 1.72 bits per heavy atom. The van der Waals surface area contributed by atoms with Gasteiger partial charge in [0.25, 0.3) is 11.6 Å². The summed E-state index contributed by atoms with van der Waals surface area (Å²) in [6.45, 7) is 2.45. The second-order valence-corrected chi connectivity index (χ2v) is 8.69. The highest BCUT2D eigenvalue weighted by molar-refractivity contribution is 9.10. The average molecular weight is 552 g/mol. The van der Waals surface area contributed by atoms with Crippen molar-refractivity contribution >= 4 is 39.6 Å². The summed E-state index contributed by atoms with van der Waals surface area (Å²) < 4.78 is 12.2. The van der Waals surface area contributed by atoms with Gasteiger partial charge in [0.1, 0.15) is 12.3 Å². The van der Waals surface area contributed by atoms with E-state index in [1.165, 1.54) is 12.1 Å². The molecule has 10 heteroatoms. The lowest BCUT2D eigenvalue weighted by atomic mass is 10.1. The van der Waals surface area contributed by atoms with Gasteiger partial charge in [-0.1, -0.05) is 58.4 Å². The zero-order valence-corrected chi connectivity index (χ0v) is 20.9. The zero-order chi connectivity index (χ0) is 25.7. The van der Waals surface area contributed by atoms with Crippen molar-refractivity contribution in [3.8, 4) is 11.5 Å². The van der Waals surface area contributed by atoms with Crippen LogP contribution in [-0.2, 0) is 17.9 Å². The van der Waals surface area contributed by atoms with Crippen LogP contribution in [0.3, 0.4) is 0 Å². The molecule has 36 heavy (non-hydrogen) atoms. The highest BCUT2D eigenvalue weighted by atomic mass is 79.9. The number of carbonyl (C=O) groups is 2. The van der Waals surface area contributed by atoms with Crippen molar-refractivity contribution in [2.75, 3.05) is 6.61 Å². The number of benzene rings is 3. The van der Waals surface area contributed by atoms with Crippen LogP contribution >= 0.6 is 15.9 Å². The van der Waals surface area contributed by atoms with Gasteiger partial charge in [0.15, 0.2) is 11.5 Å². The van der Waals surface area contributed by atoms with E-state index >= 15 is 0 Å². The van der Waals surface area contributed by atoms with Gasteiger partial charge in [0.2, 0.25) is 0 Å². The van der Waals surface area contributed by atoms with E-state index in [2.05, 4.69) is 21.2 Å². The Morgan fingerprint density at radius 3 is 2.44 bits per heavy atom. The fourth-order valence-corrected chi connectivity index (χ4v) is 4.04. The molecule has 0 saturated carbocycles. The number of non-ortho nitro benzene ring substituents is 1. The Balaban J connectivity index is 1.55. The van der Waals surface area contributed by atoms with Crippen LogP contribution in [0.4, 0.5) is 10.5 Å². The first kappa shape index (κ1) is 24.9. The number of nitrogens with one attached hydrogen (secondary N) is 1. The van der Waals surface area contributed by atoms with E-state index in [9.17, 15) is 19.7 Å². The third kappa shape index (κ3) is 5.72. The third-order valence-electron chi connectivity index (χ3n) is 5.32. The Labute approximate surface area is 215 Å². The predicted molar refractivity (Wildman–Crippen MR) is 136 cm³/mol. The van der Waals surface area contributed by atoms with Crippen molar-refractivity contribution in [1.29, 1.82) is 0 Å². The normalized spacial score (nSPS) is 14.2. The van der Waals surface area contributed by atoms with E-state index < -0.39 is 16.9 Å². The van der Waals surface area contributed by atoms with Gasteiger partial charge in [-0.25, -0.2) is 4.79 Å². The molecule has 0 radical (unpaired) electrons. The number of nitrogens with zero attached hydrogens (tertiary/aromatic N) is 2. The summed E-state index contributed by atoms with van der Waals surface area (Å²) in [4.78, 5) is 37.1. The number of amides is 3. The lowest BCUT2D eigenvalue weighted by molar-refractivity contribution is -0.384. The molecule has 1 aliphatic heterocycles. The van der Waals surface area contributed by atoms with Crippen molar-refractivity contribution in [3.63, 3.8) is 0 Å². The minimum atomic E-state index is -0.492. The minimum absolute atomic E-state index is 0.0196. The molecule has 1 aliphatic rings. The van der Waals surface area contributed by atoms with E-state index in [4.69, 9.17) is 9.47 Å². The first-order valence-corrected chi connectivity index (χ1v) is 11.9. The number of nitro benzene ring substituents is 1. The van der Waals surface area contributed by atoms with E-state index in [-0.39, 0.29) is 24.5 Å². The summed E-state index contributed by atoms with van der Waals surface area (Å²) in [6.07, 6.45) is 1.57. The number of rotatable bonds is 9. The third-order valence-corrected chi connectivity index (χ3v) is 6.01. The molecule has 0 aliphatic carbocycles. The molecule has 3 amide bonds. The highest BCUT2D eigenvalue weighted by Crippen LogP contribution is 2.36. The molecule has 0 spiro atoms. The summed E-state index contributed by atoms with van der Waals surface area (Å²) >= 11 is 3.49. The van der Waals surface area contributed by atoms with Crippen molar-refractivity contribution in [3.05, 3.63) is 104 Å². The molecule has 4 rings (SSSR count). The van der Waals surface area contributed by atoms with E-state index in [1.54, 1.807) is 30.3 Å². The number of urea groups is 1. The highest BCUT2D eigenvalue weighted by Gasteiger charge is 2.33.